The molecule has 2 heterocycles. The number of hydrogen-bond donors (Lipinski definition) is 1. The van der Waals surface area contributed by atoms with E-state index in [1.807, 2.05) is 30.3 Å². The van der Waals surface area contributed by atoms with Gasteiger partial charge in [0.1, 0.15) is 28.7 Å². The monoisotopic (exact) mass is 570 g/mol. The Labute approximate surface area is 240 Å². The standard InChI is InChI=1S/C31H26N2O7S/c1-18-28(30(37)39-3)41-31(32-18)33-25(21-10-7-11-23(16-21)40-17-19-8-5-4-6-9-19)24(27(35)29(33)36)26(34)20-12-14-22(38-2)15-13-20/h4-16,25,34H,17H2,1-3H3. The number of thiazole rings is 1. The van der Waals surface area contributed by atoms with Crippen LogP contribution in [0.25, 0.3) is 5.76 Å². The number of aliphatic hydroxyl groups excluding tert-OH is 1. The van der Waals surface area contributed by atoms with Crippen molar-refractivity contribution in [3.63, 3.8) is 0 Å². The summed E-state index contributed by atoms with van der Waals surface area (Å²) in [5, 5.41) is 11.5. The highest BCUT2D eigenvalue weighted by atomic mass is 32.1. The topological polar surface area (TPSA) is 115 Å². The van der Waals surface area contributed by atoms with Gasteiger partial charge in [-0.1, -0.05) is 53.8 Å². The van der Waals surface area contributed by atoms with Gasteiger partial charge < -0.3 is 19.3 Å². The average molecular weight is 571 g/mol. The highest BCUT2D eigenvalue weighted by molar-refractivity contribution is 7.17. The van der Waals surface area contributed by atoms with Gasteiger partial charge in [-0.3, -0.25) is 14.5 Å². The highest BCUT2D eigenvalue weighted by Crippen LogP contribution is 2.44. The van der Waals surface area contributed by atoms with Crippen LogP contribution in [0, 0.1) is 6.92 Å². The number of aliphatic hydroxyl groups is 1. The minimum absolute atomic E-state index is 0.118. The van der Waals surface area contributed by atoms with Gasteiger partial charge in [-0.05, 0) is 54.4 Å². The number of aryl methyl sites for hydroxylation is 1. The molecular weight excluding hydrogens is 544 g/mol. The van der Waals surface area contributed by atoms with Crippen molar-refractivity contribution < 1.29 is 33.7 Å². The number of ether oxygens (including phenoxy) is 3. The summed E-state index contributed by atoms with van der Waals surface area (Å²) >= 11 is 0.935. The van der Waals surface area contributed by atoms with Crippen LogP contribution in [-0.4, -0.2) is 42.0 Å². The molecule has 0 bridgehead atoms. The lowest BCUT2D eigenvalue weighted by molar-refractivity contribution is -0.132. The van der Waals surface area contributed by atoms with E-state index in [1.54, 1.807) is 55.5 Å². The van der Waals surface area contributed by atoms with E-state index >= 15 is 0 Å². The SMILES string of the molecule is COC(=O)c1sc(N2C(=O)C(=O)C(=C(O)c3ccc(OC)cc3)C2c2cccc(OCc3ccccc3)c2)nc1C. The summed E-state index contributed by atoms with van der Waals surface area (Å²) in [6, 6.07) is 22.0. The molecule has 0 radical (unpaired) electrons. The number of aromatic nitrogens is 1. The molecule has 1 saturated heterocycles. The average Bonchev–Trinajstić information content (AvgIpc) is 3.52. The van der Waals surface area contributed by atoms with Gasteiger partial charge in [0, 0.05) is 5.56 Å². The molecule has 1 atom stereocenters. The minimum atomic E-state index is -1.05. The van der Waals surface area contributed by atoms with Crippen molar-refractivity contribution in [1.29, 1.82) is 0 Å². The van der Waals surface area contributed by atoms with Gasteiger partial charge in [-0.15, -0.1) is 0 Å². The highest BCUT2D eigenvalue weighted by Gasteiger charge is 2.48. The summed E-state index contributed by atoms with van der Waals surface area (Å²) in [5.74, 6) is -1.65. The molecule has 1 fully saturated rings. The fourth-order valence-electron chi connectivity index (χ4n) is 4.53. The molecule has 5 rings (SSSR count). The number of hydrogen-bond acceptors (Lipinski definition) is 9. The predicted molar refractivity (Wildman–Crippen MR) is 153 cm³/mol. The Hall–Kier alpha value is -4.96. The van der Waals surface area contributed by atoms with Crippen LogP contribution < -0.4 is 14.4 Å². The van der Waals surface area contributed by atoms with Crippen LogP contribution in [0.1, 0.15) is 38.1 Å². The molecule has 1 aliphatic heterocycles. The number of carbonyl (C=O) groups excluding carboxylic acids is 3. The third-order valence-corrected chi connectivity index (χ3v) is 7.73. The van der Waals surface area contributed by atoms with Crippen molar-refractivity contribution >= 4 is 39.9 Å². The zero-order valence-electron chi connectivity index (χ0n) is 22.5. The molecule has 1 N–H and O–H groups in total. The molecule has 1 aromatic heterocycles. The second-order valence-electron chi connectivity index (χ2n) is 9.15. The second kappa shape index (κ2) is 11.6. The van der Waals surface area contributed by atoms with Crippen molar-refractivity contribution in [2.24, 2.45) is 0 Å². The fourth-order valence-corrected chi connectivity index (χ4v) is 5.54. The second-order valence-corrected chi connectivity index (χ2v) is 10.1. The Bertz CT molecular complexity index is 1640. The van der Waals surface area contributed by atoms with Gasteiger partial charge >= 0.3 is 11.9 Å². The summed E-state index contributed by atoms with van der Waals surface area (Å²) in [6.07, 6.45) is 0. The number of rotatable bonds is 8. The molecule has 1 amide bonds. The van der Waals surface area contributed by atoms with Crippen LogP contribution in [0.4, 0.5) is 5.13 Å². The molecule has 9 nitrogen and oxygen atoms in total. The van der Waals surface area contributed by atoms with Gasteiger partial charge in [-0.25, -0.2) is 9.78 Å². The van der Waals surface area contributed by atoms with Crippen LogP contribution >= 0.6 is 11.3 Å². The summed E-state index contributed by atoms with van der Waals surface area (Å²) in [7, 11) is 2.77. The zero-order chi connectivity index (χ0) is 29.1. The number of amides is 1. The molecule has 208 valence electrons. The fraction of sp³-hybridized carbons (Fsp3) is 0.161. The van der Waals surface area contributed by atoms with Gasteiger partial charge in [0.25, 0.3) is 5.78 Å². The molecular formula is C31H26N2O7S. The molecule has 1 unspecified atom stereocenters. The number of nitrogens with zero attached hydrogens (tertiary/aromatic N) is 2. The Morgan fingerprint density at radius 1 is 0.976 bits per heavy atom. The van der Waals surface area contributed by atoms with E-state index in [-0.39, 0.29) is 21.3 Å². The molecule has 0 saturated carbocycles. The first kappa shape index (κ1) is 27.6. The van der Waals surface area contributed by atoms with Gasteiger partial charge in [-0.2, -0.15) is 0 Å². The van der Waals surface area contributed by atoms with E-state index < -0.39 is 23.7 Å². The molecule has 3 aromatic carbocycles. The summed E-state index contributed by atoms with van der Waals surface area (Å²) in [5.41, 5.74) is 2.05. The summed E-state index contributed by atoms with van der Waals surface area (Å²) < 4.78 is 16.1. The lowest BCUT2D eigenvalue weighted by atomic mass is 9.95. The Morgan fingerprint density at radius 2 is 1.71 bits per heavy atom. The van der Waals surface area contributed by atoms with Crippen molar-refractivity contribution in [1.82, 2.24) is 4.98 Å². The van der Waals surface area contributed by atoms with Crippen LogP contribution in [0.2, 0.25) is 0 Å². The number of benzene rings is 3. The molecule has 4 aromatic rings. The molecule has 41 heavy (non-hydrogen) atoms. The van der Waals surface area contributed by atoms with Crippen LogP contribution in [0.3, 0.4) is 0 Å². The Kier molecular flexibility index (Phi) is 7.84. The first-order valence-electron chi connectivity index (χ1n) is 12.6. The normalized spacial score (nSPS) is 16.1. The maximum absolute atomic E-state index is 13.5. The molecule has 10 heteroatoms. The number of methoxy groups -OCH3 is 2. The Morgan fingerprint density at radius 3 is 2.39 bits per heavy atom. The Balaban J connectivity index is 1.62. The maximum Gasteiger partial charge on any atom is 0.350 e. The van der Waals surface area contributed by atoms with Crippen molar-refractivity contribution in [2.75, 3.05) is 19.1 Å². The van der Waals surface area contributed by atoms with E-state index in [1.165, 1.54) is 19.1 Å². The van der Waals surface area contributed by atoms with Gasteiger partial charge in [0.05, 0.1) is 31.5 Å². The first-order chi connectivity index (χ1) is 19.8. The maximum atomic E-state index is 13.5. The lowest BCUT2D eigenvalue weighted by Gasteiger charge is -2.23. The molecule has 0 spiro atoms. The van der Waals surface area contributed by atoms with E-state index in [4.69, 9.17) is 14.2 Å². The van der Waals surface area contributed by atoms with Gasteiger partial charge in [0.15, 0.2) is 5.13 Å². The van der Waals surface area contributed by atoms with Crippen LogP contribution in [0.5, 0.6) is 11.5 Å². The number of ketones is 1. The van der Waals surface area contributed by atoms with Crippen LogP contribution in [0.15, 0.2) is 84.4 Å². The smallest absolute Gasteiger partial charge is 0.350 e. The van der Waals surface area contributed by atoms with Crippen LogP contribution in [-0.2, 0) is 20.9 Å². The minimum Gasteiger partial charge on any atom is -0.507 e. The third-order valence-electron chi connectivity index (χ3n) is 6.59. The summed E-state index contributed by atoms with van der Waals surface area (Å²) in [6.45, 7) is 1.93. The third kappa shape index (κ3) is 5.42. The van der Waals surface area contributed by atoms with E-state index in [0.29, 0.717) is 34.9 Å². The van der Waals surface area contributed by atoms with E-state index in [9.17, 15) is 19.5 Å². The van der Waals surface area contributed by atoms with Crippen molar-refractivity contribution in [2.45, 2.75) is 19.6 Å². The number of carbonyl (C=O) groups is 3. The zero-order valence-corrected chi connectivity index (χ0v) is 23.3. The number of Topliss-reactive ketones (excluding diaryl/α,β-unsaturated/α-hetero) is 1. The predicted octanol–water partition coefficient (Wildman–Crippen LogP) is 5.45. The lowest BCUT2D eigenvalue weighted by Crippen LogP contribution is -2.29. The molecule has 0 aliphatic carbocycles. The largest absolute Gasteiger partial charge is 0.507 e. The van der Waals surface area contributed by atoms with Crippen molar-refractivity contribution in [3.8, 4) is 11.5 Å². The molecule has 1 aliphatic rings. The van der Waals surface area contributed by atoms with Gasteiger partial charge in [0.2, 0.25) is 0 Å². The quantitative estimate of drug-likeness (QED) is 0.129. The van der Waals surface area contributed by atoms with Crippen molar-refractivity contribution in [3.05, 3.63) is 112 Å². The number of anilines is 1. The van der Waals surface area contributed by atoms with E-state index in [2.05, 4.69) is 4.98 Å². The summed E-state index contributed by atoms with van der Waals surface area (Å²) in [4.78, 5) is 45.2. The first-order valence-corrected chi connectivity index (χ1v) is 13.4. The van der Waals surface area contributed by atoms with E-state index in [0.717, 1.165) is 16.9 Å². The number of esters is 1.